The summed E-state index contributed by atoms with van der Waals surface area (Å²) < 4.78 is 13.2. The highest BCUT2D eigenvalue weighted by molar-refractivity contribution is 14.0. The van der Waals surface area contributed by atoms with Gasteiger partial charge in [0.05, 0.1) is 30.3 Å². The quantitative estimate of drug-likeness (QED) is 0.162. The zero-order valence-corrected chi connectivity index (χ0v) is 21.2. The first-order chi connectivity index (χ1) is 15.1. The normalized spacial score (nSPS) is 11.0. The van der Waals surface area contributed by atoms with E-state index in [0.717, 1.165) is 35.7 Å². The lowest BCUT2D eigenvalue weighted by Gasteiger charge is -2.14. The Hall–Kier alpha value is -2.75. The van der Waals surface area contributed by atoms with Crippen LogP contribution in [0.3, 0.4) is 0 Å². The molecule has 172 valence electrons. The van der Waals surface area contributed by atoms with E-state index in [2.05, 4.69) is 21.6 Å². The SMILES string of the molecule is CCOc1ccc(OCC)c(NC(N)=NCCCc2cn(-c3ccccc3)nc2C)c1.I. The van der Waals surface area contributed by atoms with Crippen molar-refractivity contribution >= 4 is 35.6 Å². The molecule has 1 heterocycles. The van der Waals surface area contributed by atoms with Crippen molar-refractivity contribution in [3.05, 3.63) is 66.0 Å². The number of guanidine groups is 1. The first-order valence-electron chi connectivity index (χ1n) is 10.7. The number of benzene rings is 2. The van der Waals surface area contributed by atoms with Crippen LogP contribution in [0.25, 0.3) is 5.69 Å². The summed E-state index contributed by atoms with van der Waals surface area (Å²) in [4.78, 5) is 4.47. The summed E-state index contributed by atoms with van der Waals surface area (Å²) in [7, 11) is 0. The molecule has 0 amide bonds. The fourth-order valence-corrected chi connectivity index (χ4v) is 3.25. The van der Waals surface area contributed by atoms with Crippen LogP contribution >= 0.6 is 24.0 Å². The van der Waals surface area contributed by atoms with Crippen molar-refractivity contribution in [3.63, 3.8) is 0 Å². The third-order valence-electron chi connectivity index (χ3n) is 4.73. The predicted octanol–water partition coefficient (Wildman–Crippen LogP) is 4.96. The van der Waals surface area contributed by atoms with Crippen LogP contribution < -0.4 is 20.5 Å². The molecule has 0 unspecified atom stereocenters. The van der Waals surface area contributed by atoms with Gasteiger partial charge in [0.2, 0.25) is 0 Å². The van der Waals surface area contributed by atoms with Gasteiger partial charge in [0.15, 0.2) is 5.96 Å². The molecule has 0 bridgehead atoms. The molecule has 0 fully saturated rings. The third-order valence-corrected chi connectivity index (χ3v) is 4.73. The topological polar surface area (TPSA) is 86.7 Å². The maximum absolute atomic E-state index is 6.11. The van der Waals surface area contributed by atoms with Crippen LogP contribution in [-0.2, 0) is 6.42 Å². The minimum absolute atomic E-state index is 0. The number of aryl methyl sites for hydroxylation is 2. The summed E-state index contributed by atoms with van der Waals surface area (Å²) in [5.41, 5.74) is 10.2. The van der Waals surface area contributed by atoms with E-state index in [4.69, 9.17) is 15.2 Å². The van der Waals surface area contributed by atoms with Gasteiger partial charge < -0.3 is 20.5 Å². The van der Waals surface area contributed by atoms with E-state index in [1.807, 2.05) is 74.0 Å². The second-order valence-electron chi connectivity index (χ2n) is 7.04. The zero-order valence-electron chi connectivity index (χ0n) is 18.9. The molecule has 2 aromatic carbocycles. The molecule has 3 N–H and O–H groups in total. The summed E-state index contributed by atoms with van der Waals surface area (Å²) in [6.07, 6.45) is 3.85. The molecule has 8 heteroatoms. The fourth-order valence-electron chi connectivity index (χ4n) is 3.25. The van der Waals surface area contributed by atoms with E-state index in [9.17, 15) is 0 Å². The highest BCUT2D eigenvalue weighted by atomic mass is 127. The Morgan fingerprint density at radius 2 is 1.84 bits per heavy atom. The van der Waals surface area contributed by atoms with Crippen LogP contribution in [0.2, 0.25) is 0 Å². The van der Waals surface area contributed by atoms with Gasteiger partial charge >= 0.3 is 0 Å². The van der Waals surface area contributed by atoms with Crippen LogP contribution in [0, 0.1) is 6.92 Å². The van der Waals surface area contributed by atoms with Gasteiger partial charge in [-0.2, -0.15) is 5.10 Å². The highest BCUT2D eigenvalue weighted by Crippen LogP contribution is 2.29. The smallest absolute Gasteiger partial charge is 0.193 e. The van der Waals surface area contributed by atoms with Crippen LogP contribution in [0.5, 0.6) is 11.5 Å². The Morgan fingerprint density at radius 3 is 2.56 bits per heavy atom. The molecule has 0 spiro atoms. The summed E-state index contributed by atoms with van der Waals surface area (Å²) in [6, 6.07) is 15.7. The number of aliphatic imine (C=N–C) groups is 1. The molecule has 0 saturated heterocycles. The first-order valence-corrected chi connectivity index (χ1v) is 10.7. The van der Waals surface area contributed by atoms with Crippen molar-refractivity contribution in [2.24, 2.45) is 10.7 Å². The van der Waals surface area contributed by atoms with Crippen molar-refractivity contribution in [3.8, 4) is 17.2 Å². The summed E-state index contributed by atoms with van der Waals surface area (Å²) >= 11 is 0. The zero-order chi connectivity index (χ0) is 22.1. The number of ether oxygens (including phenoxy) is 2. The summed E-state index contributed by atoms with van der Waals surface area (Å²) in [5.74, 6) is 1.83. The van der Waals surface area contributed by atoms with E-state index in [0.29, 0.717) is 31.5 Å². The average molecular weight is 549 g/mol. The van der Waals surface area contributed by atoms with Gasteiger partial charge in [0, 0.05) is 18.8 Å². The van der Waals surface area contributed by atoms with Gasteiger partial charge in [-0.05, 0) is 63.4 Å². The summed E-state index contributed by atoms with van der Waals surface area (Å²) in [5, 5.41) is 7.76. The monoisotopic (exact) mass is 549 g/mol. The second kappa shape index (κ2) is 12.9. The molecule has 3 rings (SSSR count). The Kier molecular flexibility index (Phi) is 10.3. The Morgan fingerprint density at radius 1 is 1.09 bits per heavy atom. The molecular weight excluding hydrogens is 517 g/mol. The predicted molar refractivity (Wildman–Crippen MR) is 141 cm³/mol. The van der Waals surface area contributed by atoms with Crippen molar-refractivity contribution in [2.45, 2.75) is 33.6 Å². The molecule has 1 aromatic heterocycles. The van der Waals surface area contributed by atoms with Gasteiger partial charge in [0.1, 0.15) is 11.5 Å². The summed E-state index contributed by atoms with van der Waals surface area (Å²) in [6.45, 7) is 7.70. The maximum Gasteiger partial charge on any atom is 0.193 e. The van der Waals surface area contributed by atoms with E-state index in [1.165, 1.54) is 5.56 Å². The lowest BCUT2D eigenvalue weighted by atomic mass is 10.1. The first kappa shape index (κ1) is 25.5. The van der Waals surface area contributed by atoms with Gasteiger partial charge in [-0.3, -0.25) is 4.99 Å². The standard InChI is InChI=1S/C24H31N5O2.HI/c1-4-30-21-13-14-23(31-5-2)22(16-21)27-24(25)26-15-9-10-19-17-29(28-18(19)3)20-11-7-6-8-12-20;/h6-8,11-14,16-17H,4-5,9-10,15H2,1-3H3,(H3,25,26,27);1H. The largest absolute Gasteiger partial charge is 0.494 e. The second-order valence-corrected chi connectivity index (χ2v) is 7.04. The molecule has 0 saturated carbocycles. The number of nitrogens with one attached hydrogen (secondary N) is 1. The number of nitrogens with zero attached hydrogens (tertiary/aromatic N) is 3. The molecule has 0 atom stereocenters. The van der Waals surface area contributed by atoms with Gasteiger partial charge in [-0.1, -0.05) is 18.2 Å². The van der Waals surface area contributed by atoms with E-state index >= 15 is 0 Å². The van der Waals surface area contributed by atoms with Crippen molar-refractivity contribution in [1.82, 2.24) is 9.78 Å². The number of para-hydroxylation sites is 1. The molecule has 7 nitrogen and oxygen atoms in total. The van der Waals surface area contributed by atoms with E-state index in [-0.39, 0.29) is 24.0 Å². The number of anilines is 1. The molecule has 3 aromatic rings. The number of hydrogen-bond donors (Lipinski definition) is 2. The molecule has 0 radical (unpaired) electrons. The fraction of sp³-hybridized carbons (Fsp3) is 0.333. The maximum atomic E-state index is 6.11. The lowest BCUT2D eigenvalue weighted by molar-refractivity contribution is 0.332. The Labute approximate surface area is 207 Å². The lowest BCUT2D eigenvalue weighted by Crippen LogP contribution is -2.23. The number of rotatable bonds is 10. The molecule has 0 aliphatic heterocycles. The minimum Gasteiger partial charge on any atom is -0.494 e. The van der Waals surface area contributed by atoms with E-state index in [1.54, 1.807) is 0 Å². The van der Waals surface area contributed by atoms with Crippen LogP contribution in [0.15, 0.2) is 59.7 Å². The van der Waals surface area contributed by atoms with Crippen molar-refractivity contribution < 1.29 is 9.47 Å². The number of nitrogens with two attached hydrogens (primary N) is 1. The number of halogens is 1. The van der Waals surface area contributed by atoms with Crippen LogP contribution in [-0.4, -0.2) is 35.5 Å². The minimum atomic E-state index is 0. The van der Waals surface area contributed by atoms with Crippen LogP contribution in [0.1, 0.15) is 31.5 Å². The molecule has 0 aliphatic rings. The average Bonchev–Trinajstić information content (AvgIpc) is 3.14. The number of aromatic nitrogens is 2. The van der Waals surface area contributed by atoms with Gasteiger partial charge in [-0.25, -0.2) is 4.68 Å². The third kappa shape index (κ3) is 7.15. The van der Waals surface area contributed by atoms with Crippen LogP contribution in [0.4, 0.5) is 5.69 Å². The molecular formula is C24H32IN5O2. The van der Waals surface area contributed by atoms with Crippen molar-refractivity contribution in [1.29, 1.82) is 0 Å². The number of hydrogen-bond acceptors (Lipinski definition) is 4. The molecule has 0 aliphatic carbocycles. The Bertz CT molecular complexity index is 1000. The van der Waals surface area contributed by atoms with Gasteiger partial charge in [0.25, 0.3) is 0 Å². The molecule has 32 heavy (non-hydrogen) atoms. The van der Waals surface area contributed by atoms with E-state index < -0.39 is 0 Å². The highest BCUT2D eigenvalue weighted by Gasteiger charge is 2.08. The Balaban J connectivity index is 0.00000363. The van der Waals surface area contributed by atoms with Crippen molar-refractivity contribution in [2.75, 3.05) is 25.1 Å². The van der Waals surface area contributed by atoms with Gasteiger partial charge in [-0.15, -0.1) is 24.0 Å².